The fourth-order valence-electron chi connectivity index (χ4n) is 9.34. The highest BCUT2D eigenvalue weighted by atomic mass is 19.4. The number of ether oxygens (including phenoxy) is 2. The second kappa shape index (κ2) is 11.1. The third-order valence-corrected chi connectivity index (χ3v) is 11.4. The summed E-state index contributed by atoms with van der Waals surface area (Å²) in [7, 11) is 0. The van der Waals surface area contributed by atoms with Gasteiger partial charge in [0.25, 0.3) is 0 Å². The Labute approximate surface area is 278 Å². The van der Waals surface area contributed by atoms with E-state index < -0.39 is 29.6 Å². The van der Waals surface area contributed by atoms with Gasteiger partial charge in [-0.25, -0.2) is 13.8 Å². The second-order valence-electron chi connectivity index (χ2n) is 14.3. The van der Waals surface area contributed by atoms with Crippen molar-refractivity contribution in [1.29, 1.82) is 0 Å². The van der Waals surface area contributed by atoms with Crippen molar-refractivity contribution in [3.63, 3.8) is 0 Å². The van der Waals surface area contributed by atoms with E-state index >= 15 is 4.39 Å². The molecule has 2 bridgehead atoms. The monoisotopic (exact) mass is 682 g/mol. The lowest BCUT2D eigenvalue weighted by Crippen LogP contribution is -2.58. The van der Waals surface area contributed by atoms with Crippen LogP contribution in [0.5, 0.6) is 11.8 Å². The number of rotatable bonds is 5. The molecule has 14 heteroatoms. The lowest BCUT2D eigenvalue weighted by atomic mass is 9.94. The number of hydrogen-bond donors (Lipinski definition) is 2. The number of phenols is 1. The lowest BCUT2D eigenvalue weighted by Gasteiger charge is -2.41. The lowest BCUT2D eigenvalue weighted by molar-refractivity contribution is -0.340. The number of pyridine rings is 1. The summed E-state index contributed by atoms with van der Waals surface area (Å²) < 4.78 is 82.0. The fraction of sp³-hybridized carbons (Fsp3) is 0.514. The summed E-state index contributed by atoms with van der Waals surface area (Å²) in [6, 6.07) is 6.23. The molecule has 49 heavy (non-hydrogen) atoms. The van der Waals surface area contributed by atoms with Gasteiger partial charge in [-0.15, -0.1) is 13.2 Å². The van der Waals surface area contributed by atoms with Crippen molar-refractivity contribution in [2.75, 3.05) is 31.1 Å². The van der Waals surface area contributed by atoms with E-state index in [0.717, 1.165) is 25.7 Å². The Morgan fingerprint density at radius 1 is 1.06 bits per heavy atom. The number of aromatic nitrogens is 3. The average molecular weight is 683 g/mol. The predicted molar refractivity (Wildman–Crippen MR) is 171 cm³/mol. The van der Waals surface area contributed by atoms with Gasteiger partial charge in [0.05, 0.1) is 22.7 Å². The summed E-state index contributed by atoms with van der Waals surface area (Å²) in [4.78, 5) is 18.6. The predicted octanol–water partition coefficient (Wildman–Crippen LogP) is 5.91. The van der Waals surface area contributed by atoms with Gasteiger partial charge in [-0.3, -0.25) is 9.64 Å². The molecule has 2 aromatic heterocycles. The maximum Gasteiger partial charge on any atom is 0.522 e. The van der Waals surface area contributed by atoms with Crippen LogP contribution in [0.2, 0.25) is 0 Å². The maximum absolute atomic E-state index is 17.1. The van der Waals surface area contributed by atoms with E-state index in [2.05, 4.69) is 19.9 Å². The Kier molecular flexibility index (Phi) is 7.03. The van der Waals surface area contributed by atoms with Crippen molar-refractivity contribution >= 4 is 27.5 Å². The highest BCUT2D eigenvalue weighted by Crippen LogP contribution is 2.45. The first-order valence-corrected chi connectivity index (χ1v) is 16.9. The van der Waals surface area contributed by atoms with E-state index in [1.807, 2.05) is 4.90 Å². The quantitative estimate of drug-likeness (QED) is 0.249. The molecule has 2 aromatic carbocycles. The number of phenolic OH excluding ortho intramolecular Hbond substituents is 1. The summed E-state index contributed by atoms with van der Waals surface area (Å²) in [6.07, 6.45) is -0.889. The van der Waals surface area contributed by atoms with Crippen LogP contribution < -0.4 is 15.0 Å². The molecule has 4 fully saturated rings. The van der Waals surface area contributed by atoms with Gasteiger partial charge in [0.1, 0.15) is 35.2 Å². The van der Waals surface area contributed by atoms with E-state index in [1.165, 1.54) is 18.2 Å². The van der Waals surface area contributed by atoms with Crippen molar-refractivity contribution < 1.29 is 36.5 Å². The number of hydrogen-bond acceptors (Lipinski definition) is 9. The highest BCUT2D eigenvalue weighted by molar-refractivity contribution is 6.02. The van der Waals surface area contributed by atoms with Crippen molar-refractivity contribution in [3.8, 4) is 23.0 Å². The molecule has 2 N–H and O–H groups in total. The Morgan fingerprint density at radius 2 is 1.92 bits per heavy atom. The van der Waals surface area contributed by atoms with Gasteiger partial charge in [-0.2, -0.15) is 9.97 Å². The fourth-order valence-corrected chi connectivity index (χ4v) is 9.34. The van der Waals surface area contributed by atoms with E-state index in [4.69, 9.17) is 14.7 Å². The molecule has 258 valence electrons. The molecule has 0 amide bonds. The summed E-state index contributed by atoms with van der Waals surface area (Å²) >= 11 is 0. The van der Waals surface area contributed by atoms with Gasteiger partial charge in [0, 0.05) is 36.8 Å². The minimum atomic E-state index is -4.74. The summed E-state index contributed by atoms with van der Waals surface area (Å²) in [6.45, 7) is 3.06. The minimum absolute atomic E-state index is 0.00237. The van der Waals surface area contributed by atoms with Crippen LogP contribution in [0.25, 0.3) is 32.9 Å². The number of nitrogens with one attached hydrogen (secondary N) is 1. The number of anilines is 1. The molecular weight excluding hydrogens is 647 g/mol. The van der Waals surface area contributed by atoms with Crippen LogP contribution in [-0.2, 0) is 11.2 Å². The molecule has 4 saturated heterocycles. The first-order valence-electron chi connectivity index (χ1n) is 16.9. The molecule has 9 nitrogen and oxygen atoms in total. The van der Waals surface area contributed by atoms with Crippen molar-refractivity contribution in [3.05, 3.63) is 47.2 Å². The number of benzene rings is 2. The third kappa shape index (κ3) is 5.08. The Hall–Kier alpha value is -3.88. The van der Waals surface area contributed by atoms with E-state index in [1.54, 1.807) is 13.0 Å². The first kappa shape index (κ1) is 31.1. The largest absolute Gasteiger partial charge is 0.522 e. The van der Waals surface area contributed by atoms with E-state index in [9.17, 15) is 22.7 Å². The Bertz CT molecular complexity index is 2010. The average Bonchev–Trinajstić information content (AvgIpc) is 3.69. The van der Waals surface area contributed by atoms with Crippen LogP contribution in [0.1, 0.15) is 49.8 Å². The van der Waals surface area contributed by atoms with Gasteiger partial charge >= 0.3 is 12.4 Å². The summed E-state index contributed by atoms with van der Waals surface area (Å²) in [5.41, 5.74) is 0.408. The van der Waals surface area contributed by atoms with Gasteiger partial charge in [0.15, 0.2) is 5.82 Å². The number of aromatic hydroxyl groups is 1. The smallest absolute Gasteiger partial charge is 0.508 e. The zero-order valence-electron chi connectivity index (χ0n) is 26.8. The summed E-state index contributed by atoms with van der Waals surface area (Å²) in [5.74, 6) is -0.799. The van der Waals surface area contributed by atoms with Crippen LogP contribution in [0.3, 0.4) is 0 Å². The van der Waals surface area contributed by atoms with Crippen LogP contribution in [0.4, 0.5) is 27.8 Å². The molecule has 5 aliphatic rings. The van der Waals surface area contributed by atoms with Crippen LogP contribution in [0.15, 0.2) is 24.3 Å². The molecule has 4 aromatic rings. The number of fused-ring (bicyclic) bond motifs is 7. The van der Waals surface area contributed by atoms with Gasteiger partial charge in [-0.1, -0.05) is 6.07 Å². The first-order chi connectivity index (χ1) is 23.5. The van der Waals surface area contributed by atoms with E-state index in [0.29, 0.717) is 59.2 Å². The second-order valence-corrected chi connectivity index (χ2v) is 14.3. The molecule has 9 rings (SSSR count). The molecule has 0 aliphatic carbocycles. The SMILES string of the molecule is Cc1c(F)ccc2cc(O)cc(-c3nc4c5c(nc(OC[C@@]67CCCN6C[C@@H](OC(F)(F)F)C7)nc5c3F)N3C[C@H]5CC[C@H](N5)[C@H]3CC4)c12. The van der Waals surface area contributed by atoms with Crippen molar-refractivity contribution in [1.82, 2.24) is 25.2 Å². The Morgan fingerprint density at radius 3 is 2.76 bits per heavy atom. The van der Waals surface area contributed by atoms with E-state index in [-0.39, 0.29) is 66.2 Å². The zero-order valence-corrected chi connectivity index (χ0v) is 26.8. The van der Waals surface area contributed by atoms with Gasteiger partial charge in [-0.05, 0) is 92.9 Å². The molecule has 0 spiro atoms. The molecule has 7 heterocycles. The normalized spacial score (nSPS) is 27.9. The molecule has 5 aliphatic heterocycles. The van der Waals surface area contributed by atoms with Gasteiger partial charge in [0.2, 0.25) is 0 Å². The maximum atomic E-state index is 17.1. The zero-order chi connectivity index (χ0) is 33.8. The minimum Gasteiger partial charge on any atom is -0.508 e. The number of aryl methyl sites for hydroxylation is 2. The van der Waals surface area contributed by atoms with Crippen molar-refractivity contribution in [2.24, 2.45) is 0 Å². The molecule has 0 unspecified atom stereocenters. The van der Waals surface area contributed by atoms with Crippen molar-refractivity contribution in [2.45, 2.75) is 88.0 Å². The van der Waals surface area contributed by atoms with Gasteiger partial charge < -0.3 is 20.1 Å². The number of halogens is 5. The molecule has 0 radical (unpaired) electrons. The molecule has 0 saturated carbocycles. The molecule has 5 atom stereocenters. The number of alkyl halides is 3. The third-order valence-electron chi connectivity index (χ3n) is 11.4. The molecular formula is C35H35F5N6O3. The topological polar surface area (TPSA) is 95.9 Å². The number of piperazine rings is 1. The van der Waals surface area contributed by atoms with Crippen LogP contribution in [-0.4, -0.2) is 87.3 Å². The Balaban J connectivity index is 1.18. The number of nitrogens with zero attached hydrogens (tertiary/aromatic N) is 5. The standard InChI is InChI=1S/C35H35F5N6O3/c1-17-23(36)5-3-18-11-20(47)12-22(27(17)18)30-29(37)31-28-25(42-30)7-8-26-24-6-4-19(41-24)14-46(26)32(28)44-33(43-31)48-16-34-9-2-10-45(34)15-21(13-34)49-35(38,39)40/h3,5,11-12,19,21,24,26,41,47H,2,4,6-10,13-16H2,1H3/t19-,21+,24+,26-,34+/m1/s1. The summed E-state index contributed by atoms with van der Waals surface area (Å²) in [5, 5.41) is 15.8. The van der Waals surface area contributed by atoms with Crippen LogP contribution in [0, 0.1) is 18.6 Å². The van der Waals surface area contributed by atoms with Crippen LogP contribution >= 0.6 is 0 Å². The highest BCUT2D eigenvalue weighted by Gasteiger charge is 2.52.